The third kappa shape index (κ3) is 4.64. The third-order valence-electron chi connectivity index (χ3n) is 4.31. The lowest BCUT2D eigenvalue weighted by molar-refractivity contribution is -0.120. The van der Waals surface area contributed by atoms with E-state index in [2.05, 4.69) is 39.0 Å². The van der Waals surface area contributed by atoms with Crippen molar-refractivity contribution in [3.63, 3.8) is 0 Å². The zero-order chi connectivity index (χ0) is 16.1. The fourth-order valence-electron chi connectivity index (χ4n) is 2.90. The summed E-state index contributed by atoms with van der Waals surface area (Å²) in [7, 11) is 2.17. The summed E-state index contributed by atoms with van der Waals surface area (Å²) in [5, 5.41) is 9.47. The lowest BCUT2D eigenvalue weighted by Crippen LogP contribution is -2.48. The maximum absolute atomic E-state index is 12.2. The summed E-state index contributed by atoms with van der Waals surface area (Å²) in [6.45, 7) is 4.97. The Morgan fingerprint density at radius 1 is 1.26 bits per heavy atom. The molecule has 1 saturated heterocycles. The Morgan fingerprint density at radius 2 is 2.09 bits per heavy atom. The highest BCUT2D eigenvalue weighted by atomic mass is 32.1. The van der Waals surface area contributed by atoms with Crippen molar-refractivity contribution in [2.24, 2.45) is 0 Å². The van der Waals surface area contributed by atoms with Gasteiger partial charge in [-0.2, -0.15) is 11.3 Å². The predicted molar refractivity (Wildman–Crippen MR) is 97.2 cm³/mol. The van der Waals surface area contributed by atoms with Crippen LogP contribution in [0, 0.1) is 0 Å². The van der Waals surface area contributed by atoms with E-state index in [1.807, 2.05) is 17.5 Å². The number of likely N-dealkylation sites (N-methyl/N-ethyl adjacent to an activating group) is 1. The first-order valence-electron chi connectivity index (χ1n) is 7.96. The van der Waals surface area contributed by atoms with E-state index in [9.17, 15) is 4.79 Å². The van der Waals surface area contributed by atoms with Crippen molar-refractivity contribution in [1.29, 1.82) is 0 Å². The highest BCUT2D eigenvalue weighted by molar-refractivity contribution is 7.10. The van der Waals surface area contributed by atoms with Gasteiger partial charge in [-0.15, -0.1) is 11.3 Å². The summed E-state index contributed by atoms with van der Waals surface area (Å²) in [6.07, 6.45) is 0.483. The molecule has 1 amide bonds. The van der Waals surface area contributed by atoms with Crippen molar-refractivity contribution in [2.75, 3.05) is 39.8 Å². The first-order chi connectivity index (χ1) is 11.2. The Kier molecular flexibility index (Phi) is 5.83. The van der Waals surface area contributed by atoms with E-state index in [0.29, 0.717) is 13.0 Å². The van der Waals surface area contributed by atoms with Crippen LogP contribution in [-0.2, 0) is 11.2 Å². The van der Waals surface area contributed by atoms with E-state index < -0.39 is 0 Å². The second-order valence-electron chi connectivity index (χ2n) is 5.97. The van der Waals surface area contributed by atoms with Crippen LogP contribution in [0.4, 0.5) is 0 Å². The maximum Gasteiger partial charge on any atom is 0.225 e. The molecule has 0 aromatic carbocycles. The van der Waals surface area contributed by atoms with Gasteiger partial charge in [0.05, 0.1) is 12.5 Å². The zero-order valence-electron chi connectivity index (χ0n) is 13.4. The summed E-state index contributed by atoms with van der Waals surface area (Å²) >= 11 is 3.36. The van der Waals surface area contributed by atoms with Crippen LogP contribution in [0.15, 0.2) is 34.3 Å². The largest absolute Gasteiger partial charge is 0.354 e. The van der Waals surface area contributed by atoms with Crippen LogP contribution in [0.1, 0.15) is 16.5 Å². The fraction of sp³-hybridized carbons (Fsp3) is 0.471. The quantitative estimate of drug-likeness (QED) is 0.870. The standard InChI is InChI=1S/C17H23N3OS2/c1-19-5-7-20(8-6-19)16(14-4-10-22-13-14)12-18-17(21)11-15-3-2-9-23-15/h2-4,9-10,13,16H,5-8,11-12H2,1H3,(H,18,21)/t16-/m0/s1. The third-order valence-corrected chi connectivity index (χ3v) is 5.89. The summed E-state index contributed by atoms with van der Waals surface area (Å²) in [4.78, 5) is 18.2. The number of carbonyl (C=O) groups excluding carboxylic acids is 1. The summed E-state index contributed by atoms with van der Waals surface area (Å²) < 4.78 is 0. The number of piperazine rings is 1. The van der Waals surface area contributed by atoms with Crippen LogP contribution in [0.25, 0.3) is 0 Å². The molecule has 0 saturated carbocycles. The number of hydrogen-bond acceptors (Lipinski definition) is 5. The molecule has 1 N–H and O–H groups in total. The SMILES string of the molecule is CN1CCN([C@@H](CNC(=O)Cc2cccs2)c2ccsc2)CC1. The Morgan fingerprint density at radius 3 is 2.74 bits per heavy atom. The van der Waals surface area contributed by atoms with Crippen LogP contribution in [0.2, 0.25) is 0 Å². The van der Waals surface area contributed by atoms with Crippen LogP contribution in [0.3, 0.4) is 0 Å². The van der Waals surface area contributed by atoms with Crippen LogP contribution >= 0.6 is 22.7 Å². The van der Waals surface area contributed by atoms with Crippen LogP contribution < -0.4 is 5.32 Å². The summed E-state index contributed by atoms with van der Waals surface area (Å²) in [5.74, 6) is 0.113. The molecule has 1 aliphatic heterocycles. The van der Waals surface area contributed by atoms with Crippen molar-refractivity contribution in [3.8, 4) is 0 Å². The molecule has 1 fully saturated rings. The van der Waals surface area contributed by atoms with Gasteiger partial charge in [-0.1, -0.05) is 6.07 Å². The normalized spacial score (nSPS) is 18.0. The van der Waals surface area contributed by atoms with Crippen molar-refractivity contribution < 1.29 is 4.79 Å². The molecule has 0 spiro atoms. The molecule has 1 atom stereocenters. The first kappa shape index (κ1) is 16.6. The highest BCUT2D eigenvalue weighted by Gasteiger charge is 2.24. The van der Waals surface area contributed by atoms with Gasteiger partial charge in [0, 0.05) is 37.6 Å². The second kappa shape index (κ2) is 8.06. The minimum absolute atomic E-state index is 0.113. The molecule has 3 heterocycles. The minimum atomic E-state index is 0.113. The van der Waals surface area contributed by atoms with E-state index in [1.165, 1.54) is 5.56 Å². The molecule has 3 rings (SSSR count). The van der Waals surface area contributed by atoms with Crippen LogP contribution in [0.5, 0.6) is 0 Å². The molecule has 2 aromatic rings. The van der Waals surface area contributed by atoms with E-state index in [4.69, 9.17) is 0 Å². The molecule has 0 bridgehead atoms. The molecule has 6 heteroatoms. The fourth-order valence-corrected chi connectivity index (χ4v) is 4.31. The van der Waals surface area contributed by atoms with Gasteiger partial charge in [0.25, 0.3) is 0 Å². The average Bonchev–Trinajstić information content (AvgIpc) is 3.23. The predicted octanol–water partition coefficient (Wildman–Crippen LogP) is 2.46. The van der Waals surface area contributed by atoms with Gasteiger partial charge in [-0.3, -0.25) is 9.69 Å². The van der Waals surface area contributed by atoms with E-state index >= 15 is 0 Å². The Hall–Kier alpha value is -1.21. The van der Waals surface area contributed by atoms with E-state index in [1.54, 1.807) is 22.7 Å². The Balaban J connectivity index is 1.59. The van der Waals surface area contributed by atoms with Gasteiger partial charge in [-0.25, -0.2) is 0 Å². The molecule has 23 heavy (non-hydrogen) atoms. The maximum atomic E-state index is 12.2. The molecule has 124 valence electrons. The lowest BCUT2D eigenvalue weighted by atomic mass is 10.1. The molecule has 4 nitrogen and oxygen atoms in total. The lowest BCUT2D eigenvalue weighted by Gasteiger charge is -2.38. The second-order valence-corrected chi connectivity index (χ2v) is 7.78. The number of rotatable bonds is 6. The van der Waals surface area contributed by atoms with Gasteiger partial charge < -0.3 is 10.2 Å². The number of amides is 1. The van der Waals surface area contributed by atoms with Crippen molar-refractivity contribution in [1.82, 2.24) is 15.1 Å². The monoisotopic (exact) mass is 349 g/mol. The molecular formula is C17H23N3OS2. The summed E-state index contributed by atoms with van der Waals surface area (Å²) in [5.41, 5.74) is 1.32. The van der Waals surface area contributed by atoms with Crippen LogP contribution in [-0.4, -0.2) is 55.5 Å². The molecular weight excluding hydrogens is 326 g/mol. The van der Waals surface area contributed by atoms with Crippen molar-refractivity contribution >= 4 is 28.6 Å². The molecule has 2 aromatic heterocycles. The number of carbonyl (C=O) groups is 1. The summed E-state index contributed by atoms with van der Waals surface area (Å²) in [6, 6.07) is 6.47. The van der Waals surface area contributed by atoms with Crippen molar-refractivity contribution in [3.05, 3.63) is 44.8 Å². The molecule has 0 radical (unpaired) electrons. The van der Waals surface area contributed by atoms with Gasteiger partial charge in [0.2, 0.25) is 5.91 Å². The first-order valence-corrected chi connectivity index (χ1v) is 9.78. The van der Waals surface area contributed by atoms with Gasteiger partial charge in [0.15, 0.2) is 0 Å². The molecule has 1 aliphatic rings. The highest BCUT2D eigenvalue weighted by Crippen LogP contribution is 2.23. The zero-order valence-corrected chi connectivity index (χ0v) is 15.0. The number of thiophene rings is 2. The van der Waals surface area contributed by atoms with E-state index in [-0.39, 0.29) is 11.9 Å². The number of hydrogen-bond donors (Lipinski definition) is 1. The average molecular weight is 350 g/mol. The Labute approximate surface area is 145 Å². The Bertz CT molecular complexity index is 589. The van der Waals surface area contributed by atoms with Gasteiger partial charge in [0.1, 0.15) is 0 Å². The van der Waals surface area contributed by atoms with Gasteiger partial charge in [-0.05, 0) is 40.9 Å². The van der Waals surface area contributed by atoms with Gasteiger partial charge >= 0.3 is 0 Å². The number of nitrogens with zero attached hydrogens (tertiary/aromatic N) is 2. The molecule has 0 unspecified atom stereocenters. The smallest absolute Gasteiger partial charge is 0.225 e. The number of nitrogens with one attached hydrogen (secondary N) is 1. The van der Waals surface area contributed by atoms with E-state index in [0.717, 1.165) is 31.1 Å². The minimum Gasteiger partial charge on any atom is -0.354 e. The molecule has 0 aliphatic carbocycles. The van der Waals surface area contributed by atoms with Crippen molar-refractivity contribution in [2.45, 2.75) is 12.5 Å². The topological polar surface area (TPSA) is 35.6 Å².